The molecule has 0 atom stereocenters. The zero-order valence-electron chi connectivity index (χ0n) is 10.0. The zero-order valence-corrected chi connectivity index (χ0v) is 10.0. The molecule has 0 radical (unpaired) electrons. The van der Waals surface area contributed by atoms with E-state index in [2.05, 4.69) is 4.98 Å². The molecule has 0 amide bonds. The lowest BCUT2D eigenvalue weighted by Crippen LogP contribution is -1.88. The number of methoxy groups -OCH3 is 1. The number of aromatic nitrogens is 1. The van der Waals surface area contributed by atoms with Crippen LogP contribution < -0.4 is 4.74 Å². The van der Waals surface area contributed by atoms with Gasteiger partial charge < -0.3 is 4.74 Å². The summed E-state index contributed by atoms with van der Waals surface area (Å²) in [5.74, 6) is 0.818. The summed E-state index contributed by atoms with van der Waals surface area (Å²) in [4.78, 5) is 15.0. The molecule has 1 aromatic carbocycles. The van der Waals surface area contributed by atoms with Gasteiger partial charge in [-0.1, -0.05) is 18.2 Å². The minimum absolute atomic E-state index is 0.585. The number of ether oxygens (including phenoxy) is 1. The lowest BCUT2D eigenvalue weighted by Gasteiger charge is -1.99. The molecule has 0 aliphatic carbocycles. The molecule has 0 bridgehead atoms. The molecule has 2 aromatic rings. The van der Waals surface area contributed by atoms with E-state index in [0.29, 0.717) is 11.3 Å². The smallest absolute Gasteiger partial charge is 0.152 e. The van der Waals surface area contributed by atoms with Gasteiger partial charge in [0.1, 0.15) is 5.75 Å². The Kier molecular flexibility index (Phi) is 3.86. The maximum atomic E-state index is 10.8. The molecule has 1 heterocycles. The molecule has 90 valence electrons. The first kappa shape index (κ1) is 12.0. The van der Waals surface area contributed by atoms with Gasteiger partial charge in [0.25, 0.3) is 0 Å². The van der Waals surface area contributed by atoms with Crippen LogP contribution in [0.15, 0.2) is 42.6 Å². The molecule has 0 aliphatic heterocycles. The quantitative estimate of drug-likeness (QED) is 0.770. The first-order chi connectivity index (χ1) is 8.83. The molecule has 0 fully saturated rings. The van der Waals surface area contributed by atoms with E-state index in [0.717, 1.165) is 17.6 Å². The summed E-state index contributed by atoms with van der Waals surface area (Å²) >= 11 is 0. The lowest BCUT2D eigenvalue weighted by atomic mass is 10.1. The van der Waals surface area contributed by atoms with Crippen molar-refractivity contribution in [3.63, 3.8) is 0 Å². The molecule has 1 aromatic heterocycles. The summed E-state index contributed by atoms with van der Waals surface area (Å²) in [6.45, 7) is 0. The SMILES string of the molecule is COc1ccc(C=Cc2ncccc2C=O)cc1. The average molecular weight is 239 g/mol. The molecule has 18 heavy (non-hydrogen) atoms. The third kappa shape index (κ3) is 2.83. The van der Waals surface area contributed by atoms with Crippen molar-refractivity contribution >= 4 is 18.4 Å². The number of pyridine rings is 1. The van der Waals surface area contributed by atoms with Gasteiger partial charge >= 0.3 is 0 Å². The van der Waals surface area contributed by atoms with Gasteiger partial charge in [-0.25, -0.2) is 0 Å². The van der Waals surface area contributed by atoms with Gasteiger partial charge in [0.2, 0.25) is 0 Å². The first-order valence-corrected chi connectivity index (χ1v) is 5.56. The Hall–Kier alpha value is -2.42. The maximum Gasteiger partial charge on any atom is 0.152 e. The summed E-state index contributed by atoms with van der Waals surface area (Å²) in [7, 11) is 1.63. The van der Waals surface area contributed by atoms with E-state index in [1.54, 1.807) is 25.4 Å². The number of aldehydes is 1. The molecule has 0 aliphatic rings. The van der Waals surface area contributed by atoms with Crippen LogP contribution in [0.25, 0.3) is 12.2 Å². The Balaban J connectivity index is 2.21. The van der Waals surface area contributed by atoms with E-state index in [9.17, 15) is 4.79 Å². The van der Waals surface area contributed by atoms with Crippen LogP contribution in [0.2, 0.25) is 0 Å². The van der Waals surface area contributed by atoms with Crippen molar-refractivity contribution in [2.24, 2.45) is 0 Å². The first-order valence-electron chi connectivity index (χ1n) is 5.56. The van der Waals surface area contributed by atoms with Crippen LogP contribution in [-0.2, 0) is 0 Å². The highest BCUT2D eigenvalue weighted by Crippen LogP contribution is 2.14. The Morgan fingerprint density at radius 1 is 1.11 bits per heavy atom. The lowest BCUT2D eigenvalue weighted by molar-refractivity contribution is 0.112. The summed E-state index contributed by atoms with van der Waals surface area (Å²) in [5.41, 5.74) is 2.28. The Labute approximate surface area is 106 Å². The standard InChI is InChI=1S/C15H13NO2/c1-18-14-7-4-12(5-8-14)6-9-15-13(11-17)3-2-10-16-15/h2-11H,1H3. The minimum atomic E-state index is 0.585. The van der Waals surface area contributed by atoms with Crippen LogP contribution in [-0.4, -0.2) is 18.4 Å². The number of carbonyl (C=O) groups is 1. The second-order valence-electron chi connectivity index (χ2n) is 3.70. The predicted octanol–water partition coefficient (Wildman–Crippen LogP) is 3.07. The van der Waals surface area contributed by atoms with Gasteiger partial charge in [-0.15, -0.1) is 0 Å². The van der Waals surface area contributed by atoms with Gasteiger partial charge in [0.05, 0.1) is 12.8 Å². The molecule has 0 saturated heterocycles. The third-order valence-corrected chi connectivity index (χ3v) is 2.55. The number of rotatable bonds is 4. The highest BCUT2D eigenvalue weighted by atomic mass is 16.5. The monoisotopic (exact) mass is 239 g/mol. The van der Waals surface area contributed by atoms with Crippen LogP contribution in [0.3, 0.4) is 0 Å². The number of benzene rings is 1. The van der Waals surface area contributed by atoms with Crippen LogP contribution >= 0.6 is 0 Å². The van der Waals surface area contributed by atoms with E-state index in [-0.39, 0.29) is 0 Å². The summed E-state index contributed by atoms with van der Waals surface area (Å²) in [5, 5.41) is 0. The molecule has 0 spiro atoms. The molecular formula is C15H13NO2. The van der Waals surface area contributed by atoms with Gasteiger partial charge in [-0.3, -0.25) is 9.78 Å². The second-order valence-corrected chi connectivity index (χ2v) is 3.70. The van der Waals surface area contributed by atoms with Crippen LogP contribution in [0, 0.1) is 0 Å². The molecule has 3 nitrogen and oxygen atoms in total. The topological polar surface area (TPSA) is 39.2 Å². The maximum absolute atomic E-state index is 10.8. The van der Waals surface area contributed by atoms with Crippen molar-refractivity contribution in [1.82, 2.24) is 4.98 Å². The third-order valence-electron chi connectivity index (χ3n) is 2.55. The summed E-state index contributed by atoms with van der Waals surface area (Å²) in [6.07, 6.45) is 6.21. The van der Waals surface area contributed by atoms with E-state index in [1.807, 2.05) is 36.4 Å². The molecule has 3 heteroatoms. The summed E-state index contributed by atoms with van der Waals surface area (Å²) in [6, 6.07) is 11.2. The van der Waals surface area contributed by atoms with Crippen LogP contribution in [0.4, 0.5) is 0 Å². The van der Waals surface area contributed by atoms with E-state index in [4.69, 9.17) is 4.74 Å². The fourth-order valence-electron chi connectivity index (χ4n) is 1.56. The van der Waals surface area contributed by atoms with Crippen LogP contribution in [0.5, 0.6) is 5.75 Å². The molecular weight excluding hydrogens is 226 g/mol. The average Bonchev–Trinajstić information content (AvgIpc) is 2.46. The minimum Gasteiger partial charge on any atom is -0.497 e. The Morgan fingerprint density at radius 2 is 1.89 bits per heavy atom. The number of carbonyl (C=O) groups excluding carboxylic acids is 1. The molecule has 0 saturated carbocycles. The molecule has 0 unspecified atom stereocenters. The van der Waals surface area contributed by atoms with E-state index in [1.165, 1.54) is 0 Å². The van der Waals surface area contributed by atoms with Gasteiger partial charge in [-0.2, -0.15) is 0 Å². The van der Waals surface area contributed by atoms with Crippen molar-refractivity contribution in [2.45, 2.75) is 0 Å². The van der Waals surface area contributed by atoms with Gasteiger partial charge in [-0.05, 0) is 35.9 Å². The van der Waals surface area contributed by atoms with Gasteiger partial charge in [0, 0.05) is 11.8 Å². The number of hydrogen-bond acceptors (Lipinski definition) is 3. The normalized spacial score (nSPS) is 10.5. The predicted molar refractivity (Wildman–Crippen MR) is 71.5 cm³/mol. The number of nitrogens with zero attached hydrogens (tertiary/aromatic N) is 1. The molecule has 2 rings (SSSR count). The van der Waals surface area contributed by atoms with Crippen LogP contribution in [0.1, 0.15) is 21.6 Å². The second kappa shape index (κ2) is 5.77. The van der Waals surface area contributed by atoms with Gasteiger partial charge in [0.15, 0.2) is 6.29 Å². The zero-order chi connectivity index (χ0) is 12.8. The Morgan fingerprint density at radius 3 is 2.56 bits per heavy atom. The van der Waals surface area contributed by atoms with Crippen molar-refractivity contribution < 1.29 is 9.53 Å². The van der Waals surface area contributed by atoms with E-state index >= 15 is 0 Å². The number of hydrogen-bond donors (Lipinski definition) is 0. The fourth-order valence-corrected chi connectivity index (χ4v) is 1.56. The van der Waals surface area contributed by atoms with Crippen molar-refractivity contribution in [2.75, 3.05) is 7.11 Å². The Bertz CT molecular complexity index is 559. The van der Waals surface area contributed by atoms with Crippen molar-refractivity contribution in [3.8, 4) is 5.75 Å². The van der Waals surface area contributed by atoms with Crippen molar-refractivity contribution in [1.29, 1.82) is 0 Å². The summed E-state index contributed by atoms with van der Waals surface area (Å²) < 4.78 is 5.09. The molecule has 0 N–H and O–H groups in total. The van der Waals surface area contributed by atoms with Crippen molar-refractivity contribution in [3.05, 3.63) is 59.4 Å². The largest absolute Gasteiger partial charge is 0.497 e. The highest BCUT2D eigenvalue weighted by molar-refractivity contribution is 5.83. The highest BCUT2D eigenvalue weighted by Gasteiger charge is 1.97. The fraction of sp³-hybridized carbons (Fsp3) is 0.0667. The van der Waals surface area contributed by atoms with E-state index < -0.39 is 0 Å².